The number of nitrogens with zero attached hydrogens (tertiary/aromatic N) is 1. The number of aliphatic carboxylic acids is 1. The molecule has 0 radical (unpaired) electrons. The van der Waals surface area contributed by atoms with Crippen molar-refractivity contribution in [3.8, 4) is 0 Å². The summed E-state index contributed by atoms with van der Waals surface area (Å²) in [5.74, 6) is -1.81. The molecule has 0 aromatic carbocycles. The Kier molecular flexibility index (Phi) is 2.73. The van der Waals surface area contributed by atoms with Crippen LogP contribution in [0, 0.1) is 0 Å². The Morgan fingerprint density at radius 1 is 1.38 bits per heavy atom. The zero-order valence-corrected chi connectivity index (χ0v) is 9.37. The minimum Gasteiger partial charge on any atom is -0.477 e. The molecule has 0 aromatic rings. The maximum atomic E-state index is 11.1. The Morgan fingerprint density at radius 3 is 2.19 bits per heavy atom. The Labute approximate surface area is 90.3 Å². The minimum absolute atomic E-state index is 0.418. The molecule has 10 heteroatoms. The molecule has 1 heterocycles. The van der Waals surface area contributed by atoms with Crippen LogP contribution in [0.5, 0.6) is 0 Å². The van der Waals surface area contributed by atoms with Crippen molar-refractivity contribution in [1.29, 1.82) is 0 Å². The molecule has 0 fully saturated rings. The van der Waals surface area contributed by atoms with Gasteiger partial charge in [0.2, 0.25) is 9.84 Å². The third-order valence-corrected chi connectivity index (χ3v) is 3.69. The quantitative estimate of drug-likeness (QED) is 0.630. The number of rotatable bonds is 2. The summed E-state index contributed by atoms with van der Waals surface area (Å²) >= 11 is 0. The van der Waals surface area contributed by atoms with Gasteiger partial charge in [-0.15, -0.1) is 0 Å². The molecule has 16 heavy (non-hydrogen) atoms. The highest BCUT2D eigenvalue weighted by molar-refractivity contribution is 8.07. The highest BCUT2D eigenvalue weighted by Gasteiger charge is 2.35. The fourth-order valence-electron chi connectivity index (χ4n) is 0.862. The number of carbonyl (C=O) groups is 2. The van der Waals surface area contributed by atoms with E-state index in [1.54, 1.807) is 0 Å². The van der Waals surface area contributed by atoms with Gasteiger partial charge in [-0.1, -0.05) is 0 Å². The molecule has 0 saturated heterocycles. The third kappa shape index (κ3) is 2.17. The Morgan fingerprint density at radius 2 is 1.88 bits per heavy atom. The smallest absolute Gasteiger partial charge is 0.349 e. The van der Waals surface area contributed by atoms with Crippen LogP contribution in [0.15, 0.2) is 15.4 Å². The molecule has 0 saturated carbocycles. The zero-order valence-electron chi connectivity index (χ0n) is 7.74. The molecular formula is C6H5NO7S2. The predicted molar refractivity (Wildman–Crippen MR) is 51.9 cm³/mol. The lowest BCUT2D eigenvalue weighted by atomic mass is 10.3. The van der Waals surface area contributed by atoms with Gasteiger partial charge in [0.1, 0.15) is 5.71 Å². The fraction of sp³-hybridized carbons (Fsp3) is 0.167. The van der Waals surface area contributed by atoms with Crippen LogP contribution >= 0.6 is 0 Å². The normalized spacial score (nSPS) is 18.8. The van der Waals surface area contributed by atoms with Gasteiger partial charge < -0.3 is 5.11 Å². The van der Waals surface area contributed by atoms with Crippen LogP contribution in [-0.4, -0.2) is 45.0 Å². The average Bonchev–Trinajstić information content (AvgIpc) is 2.38. The number of carbonyl (C=O) groups excluding carboxylic acids is 1. The molecule has 0 atom stereocenters. The number of carboxylic acids is 1. The van der Waals surface area contributed by atoms with Crippen LogP contribution in [0.1, 0.15) is 0 Å². The van der Waals surface area contributed by atoms with Crippen LogP contribution < -0.4 is 0 Å². The first-order chi connectivity index (χ1) is 7.05. The molecule has 1 aliphatic heterocycles. The Bertz CT molecular complexity index is 634. The van der Waals surface area contributed by atoms with Crippen molar-refractivity contribution < 1.29 is 31.5 Å². The summed E-state index contributed by atoms with van der Waals surface area (Å²) in [6, 6.07) is 0. The summed E-state index contributed by atoms with van der Waals surface area (Å²) in [4.78, 5) is 20.4. The maximum absolute atomic E-state index is 11.1. The number of sulfone groups is 1. The van der Waals surface area contributed by atoms with E-state index in [9.17, 15) is 26.4 Å². The van der Waals surface area contributed by atoms with E-state index in [1.165, 1.54) is 0 Å². The van der Waals surface area contributed by atoms with E-state index in [0.717, 1.165) is 0 Å². The van der Waals surface area contributed by atoms with E-state index >= 15 is 0 Å². The van der Waals surface area contributed by atoms with E-state index in [2.05, 4.69) is 4.40 Å². The van der Waals surface area contributed by atoms with Crippen LogP contribution in [0.2, 0.25) is 0 Å². The summed E-state index contributed by atoms with van der Waals surface area (Å²) in [7, 11) is -8.63. The van der Waals surface area contributed by atoms with Gasteiger partial charge >= 0.3 is 5.97 Å². The van der Waals surface area contributed by atoms with Gasteiger partial charge in [0.15, 0.2) is 4.91 Å². The van der Waals surface area contributed by atoms with E-state index in [-0.39, 0.29) is 0 Å². The molecule has 88 valence electrons. The Hall–Kier alpha value is -1.55. The van der Waals surface area contributed by atoms with Gasteiger partial charge in [0, 0.05) is 6.26 Å². The zero-order chi connectivity index (χ0) is 12.7. The second kappa shape index (κ2) is 3.49. The highest BCUT2D eigenvalue weighted by Crippen LogP contribution is 2.18. The van der Waals surface area contributed by atoms with Crippen molar-refractivity contribution in [1.82, 2.24) is 0 Å². The summed E-state index contributed by atoms with van der Waals surface area (Å²) in [5.41, 5.74) is -0.917. The second-order valence-electron chi connectivity index (χ2n) is 2.82. The van der Waals surface area contributed by atoms with Crippen LogP contribution in [0.3, 0.4) is 0 Å². The van der Waals surface area contributed by atoms with Gasteiger partial charge in [-0.25, -0.2) is 13.2 Å². The lowest BCUT2D eigenvalue weighted by Crippen LogP contribution is -2.20. The van der Waals surface area contributed by atoms with Crippen molar-refractivity contribution in [2.75, 3.05) is 6.26 Å². The van der Waals surface area contributed by atoms with Crippen LogP contribution in [-0.2, 0) is 29.4 Å². The lowest BCUT2D eigenvalue weighted by molar-refractivity contribution is -0.131. The molecule has 0 aromatic heterocycles. The SMILES string of the molecule is CS(=O)(=O)C(=O)C1=NS(=O)(=O)C(C(=O)O)=C1. The number of carboxylic acid groups (broad SMARTS) is 1. The van der Waals surface area contributed by atoms with Gasteiger partial charge in [-0.2, -0.15) is 12.8 Å². The monoisotopic (exact) mass is 267 g/mol. The standard InChI is InChI=1S/C6H5NO7S2/c1-15(11,12)6(10)3-2-4(5(8)9)16(13,14)7-3/h2H,1H3,(H,8,9). The van der Waals surface area contributed by atoms with E-state index in [1.807, 2.05) is 0 Å². The molecule has 1 rings (SSSR count). The molecule has 0 aliphatic carbocycles. The van der Waals surface area contributed by atoms with E-state index in [0.29, 0.717) is 12.3 Å². The first kappa shape index (κ1) is 12.5. The van der Waals surface area contributed by atoms with E-state index in [4.69, 9.17) is 5.11 Å². The molecule has 0 amide bonds. The van der Waals surface area contributed by atoms with Crippen LogP contribution in [0.4, 0.5) is 0 Å². The Balaban J connectivity index is 3.35. The summed E-state index contributed by atoms with van der Waals surface area (Å²) < 4.78 is 46.5. The van der Waals surface area contributed by atoms with Crippen molar-refractivity contribution >= 4 is 36.7 Å². The number of hydrogen-bond donors (Lipinski definition) is 1. The number of hydrogen-bond acceptors (Lipinski definition) is 6. The van der Waals surface area contributed by atoms with Gasteiger partial charge in [-0.3, -0.25) is 4.79 Å². The fourth-order valence-corrected chi connectivity index (χ4v) is 2.38. The third-order valence-electron chi connectivity index (χ3n) is 1.52. The summed E-state index contributed by atoms with van der Waals surface area (Å²) in [6.07, 6.45) is 0.984. The molecule has 0 spiro atoms. The first-order valence-corrected chi connectivity index (χ1v) is 6.93. The predicted octanol–water partition coefficient (Wildman–Crippen LogP) is -1.69. The average molecular weight is 267 g/mol. The molecule has 0 bridgehead atoms. The first-order valence-electron chi connectivity index (χ1n) is 3.60. The van der Waals surface area contributed by atoms with Gasteiger partial charge in [-0.05, 0) is 6.08 Å². The second-order valence-corrected chi connectivity index (χ2v) is 6.31. The van der Waals surface area contributed by atoms with Crippen molar-refractivity contribution in [2.24, 2.45) is 4.40 Å². The maximum Gasteiger partial charge on any atom is 0.349 e. The molecule has 1 aliphatic rings. The van der Waals surface area contributed by atoms with Crippen molar-refractivity contribution in [2.45, 2.75) is 0 Å². The molecule has 8 nitrogen and oxygen atoms in total. The number of allylic oxidation sites excluding steroid dienone is 1. The van der Waals surface area contributed by atoms with Crippen molar-refractivity contribution in [3.05, 3.63) is 11.0 Å². The van der Waals surface area contributed by atoms with E-state index < -0.39 is 41.6 Å². The van der Waals surface area contributed by atoms with Crippen LogP contribution in [0.25, 0.3) is 0 Å². The topological polar surface area (TPSA) is 135 Å². The lowest BCUT2D eigenvalue weighted by Gasteiger charge is -1.91. The van der Waals surface area contributed by atoms with Gasteiger partial charge in [0.05, 0.1) is 0 Å². The molecular weight excluding hydrogens is 262 g/mol. The van der Waals surface area contributed by atoms with Gasteiger partial charge in [0.25, 0.3) is 15.1 Å². The number of sulfonamides is 1. The summed E-state index contributed by atoms with van der Waals surface area (Å²) in [6.45, 7) is 0. The highest BCUT2D eigenvalue weighted by atomic mass is 32.2. The molecule has 0 unspecified atom stereocenters. The molecule has 1 N–H and O–H groups in total. The summed E-state index contributed by atoms with van der Waals surface area (Å²) in [5, 5.41) is 6.93. The minimum atomic E-state index is -4.48. The largest absolute Gasteiger partial charge is 0.477 e. The van der Waals surface area contributed by atoms with Crippen molar-refractivity contribution in [3.63, 3.8) is 0 Å².